The lowest BCUT2D eigenvalue weighted by molar-refractivity contribution is -0.118. The van der Waals surface area contributed by atoms with E-state index in [9.17, 15) is 14.4 Å². The van der Waals surface area contributed by atoms with Crippen molar-refractivity contribution in [1.82, 2.24) is 4.98 Å². The van der Waals surface area contributed by atoms with E-state index in [0.717, 1.165) is 16.9 Å². The summed E-state index contributed by atoms with van der Waals surface area (Å²) in [4.78, 5) is 41.3. The Balaban J connectivity index is 1.53. The molecule has 28 heavy (non-hydrogen) atoms. The molecule has 0 saturated carbocycles. The molecule has 6 nitrogen and oxygen atoms in total. The van der Waals surface area contributed by atoms with Crippen molar-refractivity contribution in [3.8, 4) is 11.3 Å². The number of carbonyl (C=O) groups is 3. The molecule has 1 atom stereocenters. The summed E-state index contributed by atoms with van der Waals surface area (Å²) in [6.07, 6.45) is -0.636. The van der Waals surface area contributed by atoms with Crippen molar-refractivity contribution < 1.29 is 19.1 Å². The van der Waals surface area contributed by atoms with Crippen LogP contribution in [0.1, 0.15) is 45.0 Å². The highest BCUT2D eigenvalue weighted by Gasteiger charge is 2.32. The number of fused-ring (bicyclic) bond motifs is 1. The zero-order valence-electron chi connectivity index (χ0n) is 15.0. The SMILES string of the molecule is CC(=O)c1sc(NC(=O)C[C@@H]2OC(=O)c3ccccc32)nc1-c1ccccc1. The second kappa shape index (κ2) is 7.36. The molecule has 140 valence electrons. The Hall–Kier alpha value is -3.32. The van der Waals surface area contributed by atoms with Crippen molar-refractivity contribution in [1.29, 1.82) is 0 Å². The van der Waals surface area contributed by atoms with Gasteiger partial charge < -0.3 is 10.1 Å². The fourth-order valence-electron chi connectivity index (χ4n) is 3.11. The number of thiazole rings is 1. The number of rotatable bonds is 5. The minimum atomic E-state index is -0.621. The molecular formula is C21H16N2O4S. The fraction of sp³-hybridized carbons (Fsp3) is 0.143. The van der Waals surface area contributed by atoms with Crippen LogP contribution in [0.15, 0.2) is 54.6 Å². The van der Waals surface area contributed by atoms with Crippen LogP contribution < -0.4 is 5.32 Å². The summed E-state index contributed by atoms with van der Waals surface area (Å²) < 4.78 is 5.31. The minimum absolute atomic E-state index is 0.0155. The lowest BCUT2D eigenvalue weighted by Crippen LogP contribution is -2.15. The lowest BCUT2D eigenvalue weighted by Gasteiger charge is -2.09. The van der Waals surface area contributed by atoms with Crippen molar-refractivity contribution in [3.63, 3.8) is 0 Å². The van der Waals surface area contributed by atoms with E-state index in [1.165, 1.54) is 6.92 Å². The summed E-state index contributed by atoms with van der Waals surface area (Å²) in [5, 5.41) is 3.06. The number of hydrogen-bond acceptors (Lipinski definition) is 6. The Bertz CT molecular complexity index is 1080. The number of ether oxygens (including phenoxy) is 1. The average Bonchev–Trinajstić information content (AvgIpc) is 3.25. The maximum absolute atomic E-state index is 12.5. The predicted octanol–water partition coefficient (Wildman–Crippen LogP) is 4.25. The number of anilines is 1. The van der Waals surface area contributed by atoms with Gasteiger partial charge in [0.1, 0.15) is 6.10 Å². The van der Waals surface area contributed by atoms with Gasteiger partial charge in [0, 0.05) is 18.1 Å². The number of esters is 1. The van der Waals surface area contributed by atoms with Crippen LogP contribution in [-0.2, 0) is 9.53 Å². The van der Waals surface area contributed by atoms with E-state index in [2.05, 4.69) is 10.3 Å². The van der Waals surface area contributed by atoms with E-state index >= 15 is 0 Å². The molecule has 1 amide bonds. The van der Waals surface area contributed by atoms with E-state index in [-0.39, 0.29) is 18.1 Å². The molecule has 7 heteroatoms. The predicted molar refractivity (Wildman–Crippen MR) is 105 cm³/mol. The summed E-state index contributed by atoms with van der Waals surface area (Å²) in [7, 11) is 0. The minimum Gasteiger partial charge on any atom is -0.453 e. The van der Waals surface area contributed by atoms with Gasteiger partial charge in [-0.15, -0.1) is 0 Å². The standard InChI is InChI=1S/C21H16N2O4S/c1-12(24)19-18(13-7-3-2-4-8-13)23-21(28-19)22-17(25)11-16-14-9-5-6-10-15(14)20(26)27-16/h2-10,16H,11H2,1H3,(H,22,23,25)/t16-/m0/s1. The molecule has 0 spiro atoms. The first-order chi connectivity index (χ1) is 13.5. The quantitative estimate of drug-likeness (QED) is 0.518. The Morgan fingerprint density at radius 2 is 1.82 bits per heavy atom. The monoisotopic (exact) mass is 392 g/mol. The van der Waals surface area contributed by atoms with E-state index in [4.69, 9.17) is 4.74 Å². The first kappa shape index (κ1) is 18.1. The van der Waals surface area contributed by atoms with Gasteiger partial charge in [-0.2, -0.15) is 0 Å². The number of aromatic nitrogens is 1. The topological polar surface area (TPSA) is 85.4 Å². The molecule has 4 rings (SSSR count). The van der Waals surface area contributed by atoms with Crippen LogP contribution in [0.3, 0.4) is 0 Å². The van der Waals surface area contributed by atoms with E-state index < -0.39 is 12.1 Å². The summed E-state index contributed by atoms with van der Waals surface area (Å²) >= 11 is 1.13. The number of benzene rings is 2. The summed E-state index contributed by atoms with van der Waals surface area (Å²) in [6, 6.07) is 16.4. The van der Waals surface area contributed by atoms with Gasteiger partial charge in [-0.05, 0) is 6.07 Å². The van der Waals surface area contributed by atoms with Crippen LogP contribution in [0.5, 0.6) is 0 Å². The van der Waals surface area contributed by atoms with Gasteiger partial charge in [0.15, 0.2) is 10.9 Å². The first-order valence-corrected chi connectivity index (χ1v) is 9.51. The number of amides is 1. The number of Topliss-reactive ketones (excluding diaryl/α,β-unsaturated/α-hetero) is 1. The zero-order valence-corrected chi connectivity index (χ0v) is 15.8. The molecule has 1 aliphatic rings. The van der Waals surface area contributed by atoms with Crippen LogP contribution in [-0.4, -0.2) is 22.6 Å². The van der Waals surface area contributed by atoms with E-state index in [1.54, 1.807) is 24.3 Å². The van der Waals surface area contributed by atoms with Crippen LogP contribution >= 0.6 is 11.3 Å². The average molecular weight is 392 g/mol. The first-order valence-electron chi connectivity index (χ1n) is 8.70. The number of nitrogens with one attached hydrogen (secondary N) is 1. The van der Waals surface area contributed by atoms with Crippen LogP contribution in [0.25, 0.3) is 11.3 Å². The molecule has 0 fully saturated rings. The van der Waals surface area contributed by atoms with Crippen LogP contribution in [0.4, 0.5) is 5.13 Å². The van der Waals surface area contributed by atoms with E-state index in [1.807, 2.05) is 30.3 Å². The second-order valence-electron chi connectivity index (χ2n) is 6.35. The van der Waals surface area contributed by atoms with Crippen molar-refractivity contribution in [2.24, 2.45) is 0 Å². The third kappa shape index (κ3) is 3.44. The summed E-state index contributed by atoms with van der Waals surface area (Å²) in [6.45, 7) is 1.47. The number of ketones is 1. The normalized spacial score (nSPS) is 15.0. The van der Waals surface area contributed by atoms with Gasteiger partial charge in [-0.3, -0.25) is 9.59 Å². The van der Waals surface area contributed by atoms with Crippen molar-refractivity contribution in [2.75, 3.05) is 5.32 Å². The Kier molecular flexibility index (Phi) is 4.75. The van der Waals surface area contributed by atoms with Crippen molar-refractivity contribution in [3.05, 3.63) is 70.6 Å². The van der Waals surface area contributed by atoms with Gasteiger partial charge in [0.05, 0.1) is 22.6 Å². The Morgan fingerprint density at radius 3 is 2.57 bits per heavy atom. The zero-order chi connectivity index (χ0) is 19.7. The Morgan fingerprint density at radius 1 is 1.11 bits per heavy atom. The van der Waals surface area contributed by atoms with E-state index in [0.29, 0.717) is 26.8 Å². The molecule has 1 aliphatic heterocycles. The van der Waals surface area contributed by atoms with Gasteiger partial charge in [0.25, 0.3) is 0 Å². The summed E-state index contributed by atoms with van der Waals surface area (Å²) in [5.41, 5.74) is 2.55. The fourth-order valence-corrected chi connectivity index (χ4v) is 4.01. The van der Waals surface area contributed by atoms with Crippen molar-refractivity contribution in [2.45, 2.75) is 19.4 Å². The molecule has 1 aromatic heterocycles. The lowest BCUT2D eigenvalue weighted by atomic mass is 10.0. The van der Waals surface area contributed by atoms with Gasteiger partial charge in [0.2, 0.25) is 5.91 Å². The van der Waals surface area contributed by atoms with Gasteiger partial charge in [-0.25, -0.2) is 9.78 Å². The molecule has 2 aromatic carbocycles. The largest absolute Gasteiger partial charge is 0.453 e. The second-order valence-corrected chi connectivity index (χ2v) is 7.35. The van der Waals surface area contributed by atoms with Gasteiger partial charge >= 0.3 is 5.97 Å². The molecule has 1 N–H and O–H groups in total. The molecule has 0 unspecified atom stereocenters. The molecule has 2 heterocycles. The maximum atomic E-state index is 12.5. The van der Waals surface area contributed by atoms with Crippen molar-refractivity contribution >= 4 is 34.1 Å². The number of nitrogens with zero attached hydrogens (tertiary/aromatic N) is 1. The van der Waals surface area contributed by atoms with Crippen LogP contribution in [0, 0.1) is 0 Å². The smallest absolute Gasteiger partial charge is 0.339 e. The third-order valence-corrected chi connectivity index (χ3v) is 5.46. The molecule has 0 saturated heterocycles. The molecule has 0 radical (unpaired) electrons. The highest BCUT2D eigenvalue weighted by molar-refractivity contribution is 7.18. The molecule has 0 aliphatic carbocycles. The maximum Gasteiger partial charge on any atom is 0.339 e. The molecular weight excluding hydrogens is 376 g/mol. The Labute approximate surface area is 165 Å². The van der Waals surface area contributed by atoms with Gasteiger partial charge in [-0.1, -0.05) is 59.9 Å². The highest BCUT2D eigenvalue weighted by Crippen LogP contribution is 2.34. The third-order valence-electron chi connectivity index (χ3n) is 4.39. The molecule has 0 bridgehead atoms. The highest BCUT2D eigenvalue weighted by atomic mass is 32.1. The number of carbonyl (C=O) groups excluding carboxylic acids is 3. The number of hydrogen-bond donors (Lipinski definition) is 1. The summed E-state index contributed by atoms with van der Waals surface area (Å²) in [5.74, 6) is -0.874. The van der Waals surface area contributed by atoms with Crippen LogP contribution in [0.2, 0.25) is 0 Å². The molecule has 3 aromatic rings. The number of cyclic esters (lactones) is 1.